The number of carboxylic acid groups (broad SMARTS) is 1. The zero-order valence-corrected chi connectivity index (χ0v) is 12.7. The number of hydrogen-bond donors (Lipinski definition) is 1. The number of aliphatic carboxylic acids is 1. The lowest BCUT2D eigenvalue weighted by Crippen LogP contribution is -2.63. The van der Waals surface area contributed by atoms with Crippen molar-refractivity contribution in [3.05, 3.63) is 23.9 Å². The number of likely N-dealkylation sites (tertiary alicyclic amines) is 1. The number of nitrogens with zero attached hydrogens (tertiary/aromatic N) is 4. The average molecular weight is 300 g/mol. The number of piperidine rings is 2. The van der Waals surface area contributed by atoms with Gasteiger partial charge in [0.1, 0.15) is 11.9 Å². The van der Waals surface area contributed by atoms with Gasteiger partial charge in [0.05, 0.1) is 11.0 Å². The molecule has 2 fully saturated rings. The zero-order valence-electron chi connectivity index (χ0n) is 12.7. The van der Waals surface area contributed by atoms with Crippen molar-refractivity contribution in [1.82, 2.24) is 9.88 Å². The Hall–Kier alpha value is -2.13. The molecular weight excluding hydrogens is 280 g/mol. The van der Waals surface area contributed by atoms with Crippen LogP contribution in [0, 0.1) is 16.7 Å². The second kappa shape index (κ2) is 5.58. The molecule has 1 aromatic rings. The van der Waals surface area contributed by atoms with E-state index in [-0.39, 0.29) is 6.04 Å². The molecule has 6 heteroatoms. The first-order valence-corrected chi connectivity index (χ1v) is 7.61. The van der Waals surface area contributed by atoms with Crippen LogP contribution in [0.2, 0.25) is 0 Å². The van der Waals surface area contributed by atoms with Gasteiger partial charge in [-0.3, -0.25) is 4.79 Å². The van der Waals surface area contributed by atoms with Gasteiger partial charge in [-0.1, -0.05) is 0 Å². The minimum atomic E-state index is -0.670. The van der Waals surface area contributed by atoms with E-state index in [0.717, 1.165) is 25.2 Å². The van der Waals surface area contributed by atoms with E-state index in [2.05, 4.69) is 20.9 Å². The zero-order chi connectivity index (χ0) is 15.7. The first-order chi connectivity index (χ1) is 10.6. The van der Waals surface area contributed by atoms with Crippen molar-refractivity contribution in [3.63, 3.8) is 0 Å². The van der Waals surface area contributed by atoms with Gasteiger partial charge in [0.25, 0.3) is 0 Å². The van der Waals surface area contributed by atoms with Gasteiger partial charge in [0.2, 0.25) is 0 Å². The summed E-state index contributed by atoms with van der Waals surface area (Å²) in [5, 5.41) is 18.6. The summed E-state index contributed by atoms with van der Waals surface area (Å²) in [5.41, 5.74) is -0.0914. The van der Waals surface area contributed by atoms with E-state index in [1.54, 1.807) is 12.3 Å². The largest absolute Gasteiger partial charge is 0.481 e. The number of anilines is 1. The first kappa shape index (κ1) is 14.8. The Labute approximate surface area is 130 Å². The fourth-order valence-corrected chi connectivity index (χ4v) is 3.83. The Bertz CT molecular complexity index is 610. The minimum absolute atomic E-state index is 0.00458. The van der Waals surface area contributed by atoms with E-state index in [9.17, 15) is 9.90 Å². The molecule has 6 nitrogen and oxygen atoms in total. The van der Waals surface area contributed by atoms with E-state index in [0.29, 0.717) is 25.1 Å². The summed E-state index contributed by atoms with van der Waals surface area (Å²) in [5.74, 6) is 0.147. The SMILES string of the molecule is CN1CCC[C@]2(C(=O)O)CCN(c3ccc(C#N)cn3)C[C@H]12. The minimum Gasteiger partial charge on any atom is -0.481 e. The monoisotopic (exact) mass is 300 g/mol. The Morgan fingerprint density at radius 3 is 2.91 bits per heavy atom. The van der Waals surface area contributed by atoms with Gasteiger partial charge < -0.3 is 14.9 Å². The number of fused-ring (bicyclic) bond motifs is 1. The molecule has 0 unspecified atom stereocenters. The van der Waals surface area contributed by atoms with Gasteiger partial charge in [-0.25, -0.2) is 4.98 Å². The van der Waals surface area contributed by atoms with E-state index >= 15 is 0 Å². The standard InChI is InChI=1S/C16H20N4O2/c1-19-7-2-5-16(15(21)22)6-8-20(11-13(16)19)14-4-3-12(9-17)10-18-14/h3-4,10,13H,2,5-8,11H2,1H3,(H,21,22)/t13-,16-/m0/s1. The molecule has 2 aliphatic heterocycles. The maximum atomic E-state index is 11.9. The third-order valence-electron chi connectivity index (χ3n) is 5.15. The molecular formula is C16H20N4O2. The van der Waals surface area contributed by atoms with Crippen LogP contribution in [-0.2, 0) is 4.79 Å². The summed E-state index contributed by atoms with van der Waals surface area (Å²) in [6, 6.07) is 5.67. The third kappa shape index (κ3) is 2.32. The van der Waals surface area contributed by atoms with Crippen molar-refractivity contribution in [3.8, 4) is 6.07 Å². The lowest BCUT2D eigenvalue weighted by atomic mass is 9.68. The number of carbonyl (C=O) groups is 1. The number of carboxylic acids is 1. The number of rotatable bonds is 2. The second-order valence-electron chi connectivity index (χ2n) is 6.27. The van der Waals surface area contributed by atoms with Crippen LogP contribution in [0.4, 0.5) is 5.82 Å². The molecule has 0 amide bonds. The van der Waals surface area contributed by atoms with Crippen molar-refractivity contribution in [2.24, 2.45) is 5.41 Å². The Morgan fingerprint density at radius 1 is 1.45 bits per heavy atom. The topological polar surface area (TPSA) is 80.5 Å². The van der Waals surface area contributed by atoms with E-state index < -0.39 is 11.4 Å². The van der Waals surface area contributed by atoms with Crippen molar-refractivity contribution >= 4 is 11.8 Å². The van der Waals surface area contributed by atoms with Gasteiger partial charge in [-0.05, 0) is 45.0 Å². The highest BCUT2D eigenvalue weighted by atomic mass is 16.4. The number of nitriles is 1. The van der Waals surface area contributed by atoms with Crippen LogP contribution in [0.1, 0.15) is 24.8 Å². The maximum Gasteiger partial charge on any atom is 0.311 e. The lowest BCUT2D eigenvalue weighted by Gasteiger charge is -2.52. The predicted molar refractivity (Wildman–Crippen MR) is 81.5 cm³/mol. The number of hydrogen-bond acceptors (Lipinski definition) is 5. The molecule has 3 rings (SSSR count). The lowest BCUT2D eigenvalue weighted by molar-refractivity contribution is -0.158. The van der Waals surface area contributed by atoms with Crippen LogP contribution < -0.4 is 4.90 Å². The molecule has 3 heterocycles. The number of pyridine rings is 1. The van der Waals surface area contributed by atoms with Gasteiger partial charge >= 0.3 is 5.97 Å². The summed E-state index contributed by atoms with van der Waals surface area (Å²) in [6.07, 6.45) is 3.90. The van der Waals surface area contributed by atoms with Gasteiger partial charge in [-0.2, -0.15) is 5.26 Å². The molecule has 0 spiro atoms. The summed E-state index contributed by atoms with van der Waals surface area (Å²) in [6.45, 7) is 2.30. The molecule has 116 valence electrons. The second-order valence-corrected chi connectivity index (χ2v) is 6.27. The normalized spacial score (nSPS) is 28.7. The quantitative estimate of drug-likeness (QED) is 0.887. The van der Waals surface area contributed by atoms with Gasteiger partial charge in [0.15, 0.2) is 0 Å². The van der Waals surface area contributed by atoms with Crippen molar-refractivity contribution in [1.29, 1.82) is 5.26 Å². The predicted octanol–water partition coefficient (Wildman–Crippen LogP) is 1.33. The van der Waals surface area contributed by atoms with Gasteiger partial charge in [0, 0.05) is 25.3 Å². The smallest absolute Gasteiger partial charge is 0.311 e. The molecule has 1 N–H and O–H groups in total. The van der Waals surface area contributed by atoms with Crippen molar-refractivity contribution in [2.75, 3.05) is 31.6 Å². The van der Waals surface area contributed by atoms with E-state index in [1.807, 2.05) is 13.1 Å². The summed E-state index contributed by atoms with van der Waals surface area (Å²) in [7, 11) is 2.01. The Morgan fingerprint density at radius 2 is 2.27 bits per heavy atom. The summed E-state index contributed by atoms with van der Waals surface area (Å²) >= 11 is 0. The highest BCUT2D eigenvalue weighted by Gasteiger charge is 2.52. The molecule has 0 saturated carbocycles. The fraction of sp³-hybridized carbons (Fsp3) is 0.562. The molecule has 0 aliphatic carbocycles. The molecule has 22 heavy (non-hydrogen) atoms. The van der Waals surface area contributed by atoms with Gasteiger partial charge in [-0.15, -0.1) is 0 Å². The molecule has 2 atom stereocenters. The van der Waals surface area contributed by atoms with Crippen LogP contribution in [0.3, 0.4) is 0 Å². The highest BCUT2D eigenvalue weighted by molar-refractivity contribution is 5.76. The molecule has 0 radical (unpaired) electrons. The van der Waals surface area contributed by atoms with Crippen LogP contribution in [-0.4, -0.2) is 53.7 Å². The summed E-state index contributed by atoms with van der Waals surface area (Å²) < 4.78 is 0. The van der Waals surface area contributed by atoms with Crippen molar-refractivity contribution in [2.45, 2.75) is 25.3 Å². The van der Waals surface area contributed by atoms with Crippen LogP contribution >= 0.6 is 0 Å². The third-order valence-corrected chi connectivity index (χ3v) is 5.15. The molecule has 0 aromatic carbocycles. The summed E-state index contributed by atoms with van der Waals surface area (Å²) in [4.78, 5) is 20.5. The fourth-order valence-electron chi connectivity index (χ4n) is 3.83. The molecule has 2 aliphatic rings. The molecule has 1 aromatic heterocycles. The average Bonchev–Trinajstić information content (AvgIpc) is 2.55. The highest BCUT2D eigenvalue weighted by Crippen LogP contribution is 2.42. The Balaban J connectivity index is 1.84. The Kier molecular flexibility index (Phi) is 3.75. The van der Waals surface area contributed by atoms with Crippen LogP contribution in [0.15, 0.2) is 18.3 Å². The molecule has 0 bridgehead atoms. The van der Waals surface area contributed by atoms with Crippen molar-refractivity contribution < 1.29 is 9.90 Å². The van der Waals surface area contributed by atoms with Crippen LogP contribution in [0.25, 0.3) is 0 Å². The number of aromatic nitrogens is 1. The van der Waals surface area contributed by atoms with E-state index in [4.69, 9.17) is 5.26 Å². The first-order valence-electron chi connectivity index (χ1n) is 7.61. The van der Waals surface area contributed by atoms with Crippen LogP contribution in [0.5, 0.6) is 0 Å². The van der Waals surface area contributed by atoms with E-state index in [1.165, 1.54) is 0 Å². The number of likely N-dealkylation sites (N-methyl/N-ethyl adjacent to an activating group) is 1. The molecule has 2 saturated heterocycles. The maximum absolute atomic E-state index is 11.9.